The number of hydrogen-bond donors (Lipinski definition) is 2. The summed E-state index contributed by atoms with van der Waals surface area (Å²) in [5, 5.41) is 9.51. The second-order valence-electron chi connectivity index (χ2n) is 6.24. The number of nitrogens with zero attached hydrogens (tertiary/aromatic N) is 1. The summed E-state index contributed by atoms with van der Waals surface area (Å²) in [6.45, 7) is 0. The number of esters is 1. The molecule has 0 atom stereocenters. The highest BCUT2D eigenvalue weighted by atomic mass is 32.2. The molecule has 0 aliphatic heterocycles. The van der Waals surface area contributed by atoms with Gasteiger partial charge < -0.3 is 15.4 Å². The van der Waals surface area contributed by atoms with Crippen LogP contribution in [0.15, 0.2) is 70.3 Å². The number of benzene rings is 2. The lowest BCUT2D eigenvalue weighted by Crippen LogP contribution is -1.96. The third-order valence-corrected chi connectivity index (χ3v) is 7.26. The number of methoxy groups -OCH3 is 1. The Morgan fingerprint density at radius 2 is 1.67 bits per heavy atom. The summed E-state index contributed by atoms with van der Waals surface area (Å²) in [6.07, 6.45) is 1.99. The molecule has 0 bridgehead atoms. The number of nitrogens with one attached hydrogen (secondary N) is 2. The number of ether oxygens (including phenoxy) is 1. The molecule has 0 spiro atoms. The van der Waals surface area contributed by atoms with Crippen molar-refractivity contribution < 1.29 is 9.53 Å². The zero-order valence-corrected chi connectivity index (χ0v) is 18.8. The van der Waals surface area contributed by atoms with Crippen molar-refractivity contribution in [1.82, 2.24) is 4.98 Å². The van der Waals surface area contributed by atoms with Gasteiger partial charge in [-0.2, -0.15) is 0 Å². The van der Waals surface area contributed by atoms with Crippen LogP contribution in [0.3, 0.4) is 0 Å². The van der Waals surface area contributed by atoms with Crippen LogP contribution in [0.4, 0.5) is 22.2 Å². The fraction of sp³-hybridized carbons (Fsp3) is 0.0909. The van der Waals surface area contributed by atoms with Crippen molar-refractivity contribution in [2.75, 3.05) is 24.0 Å². The number of thiophene rings is 1. The fourth-order valence-electron chi connectivity index (χ4n) is 2.81. The highest BCUT2D eigenvalue weighted by molar-refractivity contribution is 8.00. The largest absolute Gasteiger partial charge is 0.465 e. The summed E-state index contributed by atoms with van der Waals surface area (Å²) in [5.41, 5.74) is 4.83. The lowest BCUT2D eigenvalue weighted by Gasteiger charge is -2.08. The van der Waals surface area contributed by atoms with Gasteiger partial charge in [0.05, 0.1) is 17.0 Å². The van der Waals surface area contributed by atoms with E-state index in [1.807, 2.05) is 72.3 Å². The van der Waals surface area contributed by atoms with Gasteiger partial charge in [-0.3, -0.25) is 0 Å². The molecule has 2 aromatic heterocycles. The molecule has 0 radical (unpaired) electrons. The molecule has 0 fully saturated rings. The lowest BCUT2D eigenvalue weighted by molar-refractivity contribution is 0.0606. The molecule has 0 aliphatic rings. The van der Waals surface area contributed by atoms with E-state index in [0.717, 1.165) is 37.7 Å². The van der Waals surface area contributed by atoms with Gasteiger partial charge in [0.15, 0.2) is 5.13 Å². The van der Waals surface area contributed by atoms with Crippen molar-refractivity contribution in [2.45, 2.75) is 4.21 Å². The molecule has 8 heteroatoms. The van der Waals surface area contributed by atoms with E-state index in [1.165, 1.54) is 29.8 Å². The minimum absolute atomic E-state index is 0.320. The molecule has 0 unspecified atom stereocenters. The Morgan fingerprint density at radius 1 is 1.00 bits per heavy atom. The van der Waals surface area contributed by atoms with Crippen molar-refractivity contribution in [3.63, 3.8) is 0 Å². The van der Waals surface area contributed by atoms with E-state index in [4.69, 9.17) is 9.72 Å². The molecule has 30 heavy (non-hydrogen) atoms. The Bertz CT molecular complexity index is 1140. The molecular formula is C22H19N3O2S3. The predicted molar refractivity (Wildman–Crippen MR) is 128 cm³/mol. The van der Waals surface area contributed by atoms with Crippen LogP contribution in [0.2, 0.25) is 0 Å². The number of carbonyl (C=O) groups is 1. The molecule has 5 nitrogen and oxygen atoms in total. The van der Waals surface area contributed by atoms with Crippen LogP contribution in [0.25, 0.3) is 11.3 Å². The van der Waals surface area contributed by atoms with Gasteiger partial charge in [0.2, 0.25) is 0 Å². The smallest absolute Gasteiger partial charge is 0.348 e. The van der Waals surface area contributed by atoms with Crippen LogP contribution >= 0.6 is 34.4 Å². The summed E-state index contributed by atoms with van der Waals surface area (Å²) in [4.78, 5) is 17.1. The lowest BCUT2D eigenvalue weighted by atomic mass is 10.2. The molecule has 0 saturated carbocycles. The first-order chi connectivity index (χ1) is 14.7. The molecule has 0 aliphatic carbocycles. The zero-order chi connectivity index (χ0) is 20.9. The minimum Gasteiger partial charge on any atom is -0.465 e. The Morgan fingerprint density at radius 3 is 2.33 bits per heavy atom. The summed E-state index contributed by atoms with van der Waals surface area (Å²) >= 11 is 4.56. The molecule has 2 aromatic carbocycles. The van der Waals surface area contributed by atoms with Crippen molar-refractivity contribution >= 4 is 62.6 Å². The Hall–Kier alpha value is -2.81. The minimum atomic E-state index is -0.320. The van der Waals surface area contributed by atoms with Gasteiger partial charge in [0.1, 0.15) is 4.88 Å². The molecule has 0 saturated heterocycles. The van der Waals surface area contributed by atoms with Gasteiger partial charge in [0.25, 0.3) is 0 Å². The predicted octanol–water partition coefficient (Wildman–Crippen LogP) is 6.87. The van der Waals surface area contributed by atoms with Crippen molar-refractivity contribution in [3.8, 4) is 11.3 Å². The summed E-state index contributed by atoms with van der Waals surface area (Å²) in [7, 11) is 1.39. The normalized spacial score (nSPS) is 10.6. The van der Waals surface area contributed by atoms with Crippen molar-refractivity contribution in [1.29, 1.82) is 0 Å². The topological polar surface area (TPSA) is 63.2 Å². The Balaban J connectivity index is 1.47. The molecule has 4 rings (SSSR count). The first kappa shape index (κ1) is 20.5. The van der Waals surface area contributed by atoms with Crippen LogP contribution < -0.4 is 10.6 Å². The van der Waals surface area contributed by atoms with E-state index in [9.17, 15) is 4.79 Å². The first-order valence-corrected chi connectivity index (χ1v) is 12.0. The fourth-order valence-corrected chi connectivity index (χ4v) is 5.34. The van der Waals surface area contributed by atoms with E-state index in [-0.39, 0.29) is 5.97 Å². The molecule has 2 N–H and O–H groups in total. The second-order valence-corrected chi connectivity index (χ2v) is 9.22. The molecule has 4 aromatic rings. The van der Waals surface area contributed by atoms with Crippen molar-refractivity contribution in [3.05, 3.63) is 70.9 Å². The number of para-hydroxylation sites is 1. The maximum absolute atomic E-state index is 11.9. The van der Waals surface area contributed by atoms with Gasteiger partial charge >= 0.3 is 5.97 Å². The average molecular weight is 454 g/mol. The quantitative estimate of drug-likeness (QED) is 0.235. The van der Waals surface area contributed by atoms with E-state index in [2.05, 4.69) is 10.6 Å². The highest BCUT2D eigenvalue weighted by Gasteiger charge is 2.18. The first-order valence-electron chi connectivity index (χ1n) is 9.07. The second kappa shape index (κ2) is 9.34. The number of hydrogen-bond acceptors (Lipinski definition) is 8. The Kier molecular flexibility index (Phi) is 6.37. The molecular weight excluding hydrogens is 434 g/mol. The van der Waals surface area contributed by atoms with Gasteiger partial charge in [-0.05, 0) is 48.7 Å². The molecule has 2 heterocycles. The van der Waals surface area contributed by atoms with Gasteiger partial charge in [-0.1, -0.05) is 18.2 Å². The van der Waals surface area contributed by atoms with E-state index >= 15 is 0 Å². The van der Waals surface area contributed by atoms with E-state index in [1.54, 1.807) is 11.8 Å². The standard InChI is InChI=1S/C22H19N3O2S3/c1-27-20(26)19-12-17(21(28-2)30-19)18-13-29-22(25-18)24-16-10-8-15(9-11-16)23-14-6-4-3-5-7-14/h3-13,23H,1-2H3,(H,24,25). The van der Waals surface area contributed by atoms with Crippen LogP contribution in [0, 0.1) is 0 Å². The van der Waals surface area contributed by atoms with Gasteiger partial charge in [-0.15, -0.1) is 34.4 Å². The molecule has 0 amide bonds. The number of thiazole rings is 1. The summed E-state index contributed by atoms with van der Waals surface area (Å²) in [5.74, 6) is -0.320. The van der Waals surface area contributed by atoms with E-state index in [0.29, 0.717) is 4.88 Å². The number of rotatable bonds is 7. The summed E-state index contributed by atoms with van der Waals surface area (Å²) < 4.78 is 5.89. The van der Waals surface area contributed by atoms with Gasteiger partial charge in [0, 0.05) is 28.0 Å². The monoisotopic (exact) mass is 453 g/mol. The van der Waals surface area contributed by atoms with Crippen LogP contribution in [-0.4, -0.2) is 24.3 Å². The molecule has 152 valence electrons. The maximum atomic E-state index is 11.9. The van der Waals surface area contributed by atoms with Crippen molar-refractivity contribution in [2.24, 2.45) is 0 Å². The number of anilines is 4. The average Bonchev–Trinajstić information content (AvgIpc) is 3.42. The zero-order valence-electron chi connectivity index (χ0n) is 16.3. The van der Waals surface area contributed by atoms with Crippen LogP contribution in [0.5, 0.6) is 0 Å². The SMILES string of the molecule is COC(=O)c1cc(-c2csc(Nc3ccc(Nc4ccccc4)cc3)n2)c(SC)s1. The van der Waals surface area contributed by atoms with Crippen LogP contribution in [-0.2, 0) is 4.74 Å². The third-order valence-electron chi connectivity index (χ3n) is 4.25. The van der Waals surface area contributed by atoms with Gasteiger partial charge in [-0.25, -0.2) is 9.78 Å². The third kappa shape index (κ3) is 4.67. The Labute approximate surface area is 187 Å². The summed E-state index contributed by atoms with van der Waals surface area (Å²) in [6, 6.07) is 20.0. The van der Waals surface area contributed by atoms with Crippen LogP contribution in [0.1, 0.15) is 9.67 Å². The van der Waals surface area contributed by atoms with E-state index < -0.39 is 0 Å². The highest BCUT2D eigenvalue weighted by Crippen LogP contribution is 2.39. The maximum Gasteiger partial charge on any atom is 0.348 e. The number of aromatic nitrogens is 1. The number of thioether (sulfide) groups is 1. The number of carbonyl (C=O) groups excluding carboxylic acids is 1.